The zero-order chi connectivity index (χ0) is 12.4. The second kappa shape index (κ2) is 5.01. The van der Waals surface area contributed by atoms with E-state index in [-0.39, 0.29) is 5.54 Å². The van der Waals surface area contributed by atoms with Crippen LogP contribution in [0.4, 0.5) is 4.39 Å². The molecule has 0 atom stereocenters. The molecule has 0 spiro atoms. The molecule has 0 bridgehead atoms. The lowest BCUT2D eigenvalue weighted by Gasteiger charge is -2.39. The molecular formula is C13H27FN2. The molecule has 1 aliphatic heterocycles. The fourth-order valence-electron chi connectivity index (χ4n) is 2.04. The second-order valence-electron chi connectivity index (χ2n) is 6.38. The lowest BCUT2D eigenvalue weighted by Crippen LogP contribution is -2.52. The number of halogens is 1. The molecule has 1 saturated heterocycles. The van der Waals surface area contributed by atoms with Crippen LogP contribution in [0.3, 0.4) is 0 Å². The van der Waals surface area contributed by atoms with Crippen molar-refractivity contribution >= 4 is 0 Å². The number of hydrogen-bond acceptors (Lipinski definition) is 2. The first kappa shape index (κ1) is 13.9. The van der Waals surface area contributed by atoms with Gasteiger partial charge in [0.2, 0.25) is 0 Å². The molecule has 0 aromatic heterocycles. The molecule has 0 aromatic carbocycles. The van der Waals surface area contributed by atoms with Crippen LogP contribution in [-0.2, 0) is 0 Å². The average molecular weight is 230 g/mol. The van der Waals surface area contributed by atoms with Crippen LogP contribution in [0.15, 0.2) is 0 Å². The van der Waals surface area contributed by atoms with Gasteiger partial charge in [-0.2, -0.15) is 0 Å². The van der Waals surface area contributed by atoms with Gasteiger partial charge in [0.25, 0.3) is 0 Å². The topological polar surface area (TPSA) is 15.3 Å². The van der Waals surface area contributed by atoms with E-state index in [0.717, 1.165) is 13.1 Å². The Bertz CT molecular complexity index is 212. The maximum atomic E-state index is 14.5. The SMILES string of the molecule is CC(C)N1CCC(F)(CNC(C)(C)C)CC1. The van der Waals surface area contributed by atoms with Crippen molar-refractivity contribution in [2.24, 2.45) is 0 Å². The zero-order valence-electron chi connectivity index (χ0n) is 11.4. The van der Waals surface area contributed by atoms with E-state index >= 15 is 0 Å². The third kappa shape index (κ3) is 4.38. The summed E-state index contributed by atoms with van der Waals surface area (Å²) in [6, 6.07) is 0.542. The summed E-state index contributed by atoms with van der Waals surface area (Å²) in [4.78, 5) is 2.36. The molecule has 0 saturated carbocycles. The first-order valence-electron chi connectivity index (χ1n) is 6.40. The van der Waals surface area contributed by atoms with Crippen LogP contribution < -0.4 is 5.32 Å². The highest BCUT2D eigenvalue weighted by atomic mass is 19.1. The minimum absolute atomic E-state index is 0.00821. The van der Waals surface area contributed by atoms with Gasteiger partial charge >= 0.3 is 0 Å². The average Bonchev–Trinajstić information content (AvgIpc) is 2.15. The molecule has 1 N–H and O–H groups in total. The molecule has 1 heterocycles. The van der Waals surface area contributed by atoms with Crippen LogP contribution in [0.25, 0.3) is 0 Å². The normalized spacial score (nSPS) is 22.7. The molecule has 0 radical (unpaired) electrons. The number of rotatable bonds is 3. The summed E-state index contributed by atoms with van der Waals surface area (Å²) in [7, 11) is 0. The summed E-state index contributed by atoms with van der Waals surface area (Å²) in [6.45, 7) is 12.9. The van der Waals surface area contributed by atoms with Gasteiger partial charge in [0, 0.05) is 31.2 Å². The first-order valence-corrected chi connectivity index (χ1v) is 6.40. The van der Waals surface area contributed by atoms with Gasteiger partial charge in [-0.1, -0.05) is 0 Å². The van der Waals surface area contributed by atoms with E-state index in [1.54, 1.807) is 0 Å². The predicted octanol–water partition coefficient (Wildman–Crippen LogP) is 2.59. The molecule has 1 aliphatic rings. The van der Waals surface area contributed by atoms with Gasteiger partial charge in [0.05, 0.1) is 0 Å². The fourth-order valence-corrected chi connectivity index (χ4v) is 2.04. The molecular weight excluding hydrogens is 203 g/mol. The molecule has 16 heavy (non-hydrogen) atoms. The van der Waals surface area contributed by atoms with Crippen LogP contribution in [0.1, 0.15) is 47.5 Å². The Morgan fingerprint density at radius 1 is 1.25 bits per heavy atom. The Balaban J connectivity index is 2.38. The maximum Gasteiger partial charge on any atom is 0.125 e. The van der Waals surface area contributed by atoms with Crippen molar-refractivity contribution in [1.82, 2.24) is 10.2 Å². The van der Waals surface area contributed by atoms with Gasteiger partial charge in [-0.3, -0.25) is 0 Å². The van der Waals surface area contributed by atoms with Gasteiger partial charge in [-0.15, -0.1) is 0 Å². The Kier molecular flexibility index (Phi) is 4.35. The number of hydrogen-bond donors (Lipinski definition) is 1. The summed E-state index contributed by atoms with van der Waals surface area (Å²) in [5.41, 5.74) is -0.993. The number of piperidine rings is 1. The van der Waals surface area contributed by atoms with E-state index in [1.807, 2.05) is 0 Å². The van der Waals surface area contributed by atoms with Gasteiger partial charge in [0.1, 0.15) is 5.67 Å². The monoisotopic (exact) mass is 230 g/mol. The molecule has 1 rings (SSSR count). The number of nitrogens with zero attached hydrogens (tertiary/aromatic N) is 1. The molecule has 0 aliphatic carbocycles. The highest BCUT2D eigenvalue weighted by Gasteiger charge is 2.35. The largest absolute Gasteiger partial charge is 0.309 e. The van der Waals surface area contributed by atoms with E-state index in [9.17, 15) is 4.39 Å². The molecule has 0 amide bonds. The van der Waals surface area contributed by atoms with Crippen LogP contribution >= 0.6 is 0 Å². The van der Waals surface area contributed by atoms with Crippen molar-refractivity contribution in [2.45, 2.75) is 64.7 Å². The number of likely N-dealkylation sites (tertiary alicyclic amines) is 1. The standard InChI is InChI=1S/C13H27FN2/c1-11(2)16-8-6-13(14,7-9-16)10-15-12(3,4)5/h11,15H,6-10H2,1-5H3. The lowest BCUT2D eigenvalue weighted by atomic mass is 9.91. The second-order valence-corrected chi connectivity index (χ2v) is 6.38. The van der Waals surface area contributed by atoms with Crippen LogP contribution in [0, 0.1) is 0 Å². The minimum atomic E-state index is -1.00. The van der Waals surface area contributed by atoms with Gasteiger partial charge in [-0.25, -0.2) is 4.39 Å². The summed E-state index contributed by atoms with van der Waals surface area (Å²) >= 11 is 0. The third-order valence-electron chi connectivity index (χ3n) is 3.36. The smallest absolute Gasteiger partial charge is 0.125 e. The first-order chi connectivity index (χ1) is 7.22. The Morgan fingerprint density at radius 2 is 1.75 bits per heavy atom. The maximum absolute atomic E-state index is 14.5. The van der Waals surface area contributed by atoms with Crippen molar-refractivity contribution in [3.8, 4) is 0 Å². The van der Waals surface area contributed by atoms with E-state index < -0.39 is 5.67 Å². The van der Waals surface area contributed by atoms with E-state index in [0.29, 0.717) is 25.4 Å². The molecule has 0 aromatic rings. The summed E-state index contributed by atoms with van der Waals surface area (Å²) < 4.78 is 14.5. The van der Waals surface area contributed by atoms with E-state index in [1.165, 1.54) is 0 Å². The Morgan fingerprint density at radius 3 is 2.12 bits per heavy atom. The molecule has 3 heteroatoms. The van der Waals surface area contributed by atoms with E-state index in [2.05, 4.69) is 44.8 Å². The molecule has 96 valence electrons. The zero-order valence-corrected chi connectivity index (χ0v) is 11.4. The highest BCUT2D eigenvalue weighted by molar-refractivity contribution is 4.90. The van der Waals surface area contributed by atoms with Crippen molar-refractivity contribution in [3.63, 3.8) is 0 Å². The van der Waals surface area contributed by atoms with Crippen LogP contribution in [0.2, 0.25) is 0 Å². The molecule has 1 fully saturated rings. The third-order valence-corrected chi connectivity index (χ3v) is 3.36. The predicted molar refractivity (Wildman–Crippen MR) is 67.5 cm³/mol. The quantitative estimate of drug-likeness (QED) is 0.801. The number of nitrogens with one attached hydrogen (secondary N) is 1. The van der Waals surface area contributed by atoms with E-state index in [4.69, 9.17) is 0 Å². The number of alkyl halides is 1. The van der Waals surface area contributed by atoms with Gasteiger partial charge in [0.15, 0.2) is 0 Å². The summed E-state index contributed by atoms with van der Waals surface area (Å²) in [6.07, 6.45) is 1.32. The Labute approximate surface area is 99.6 Å². The minimum Gasteiger partial charge on any atom is -0.309 e. The van der Waals surface area contributed by atoms with Crippen molar-refractivity contribution in [3.05, 3.63) is 0 Å². The molecule has 0 unspecified atom stereocenters. The van der Waals surface area contributed by atoms with Crippen LogP contribution in [-0.4, -0.2) is 41.8 Å². The van der Waals surface area contributed by atoms with Gasteiger partial charge < -0.3 is 10.2 Å². The summed E-state index contributed by atoms with van der Waals surface area (Å²) in [5, 5.41) is 3.28. The summed E-state index contributed by atoms with van der Waals surface area (Å²) in [5.74, 6) is 0. The lowest BCUT2D eigenvalue weighted by molar-refractivity contribution is 0.0406. The van der Waals surface area contributed by atoms with Crippen LogP contribution in [0.5, 0.6) is 0 Å². The Hall–Kier alpha value is -0.150. The van der Waals surface area contributed by atoms with Gasteiger partial charge in [-0.05, 0) is 47.5 Å². The molecule has 2 nitrogen and oxygen atoms in total. The highest BCUT2D eigenvalue weighted by Crippen LogP contribution is 2.27. The van der Waals surface area contributed by atoms with Crippen molar-refractivity contribution < 1.29 is 4.39 Å². The van der Waals surface area contributed by atoms with Crippen molar-refractivity contribution in [2.75, 3.05) is 19.6 Å². The van der Waals surface area contributed by atoms with Crippen molar-refractivity contribution in [1.29, 1.82) is 0 Å². The fraction of sp³-hybridized carbons (Fsp3) is 1.00.